The molecule has 0 rings (SSSR count). The summed E-state index contributed by atoms with van der Waals surface area (Å²) in [6, 6.07) is 0. The van der Waals surface area contributed by atoms with E-state index in [0.717, 1.165) is 6.42 Å². The summed E-state index contributed by atoms with van der Waals surface area (Å²) in [4.78, 5) is 7.97. The summed E-state index contributed by atoms with van der Waals surface area (Å²) in [5, 5.41) is 0.691. The van der Waals surface area contributed by atoms with E-state index in [4.69, 9.17) is 0 Å². The fourth-order valence-electron chi connectivity index (χ4n) is 1.66. The molecule has 2 nitrogen and oxygen atoms in total. The highest BCUT2D eigenvalue weighted by molar-refractivity contribution is 6.79. The van der Waals surface area contributed by atoms with E-state index in [9.17, 15) is 0 Å². The van der Waals surface area contributed by atoms with Gasteiger partial charge in [-0.2, -0.15) is 0 Å². The average Bonchev–Trinajstić information content (AvgIpc) is 2.21. The predicted octanol–water partition coefficient (Wildman–Crippen LogP) is 4.57. The van der Waals surface area contributed by atoms with E-state index in [2.05, 4.69) is 94.0 Å². The van der Waals surface area contributed by atoms with E-state index >= 15 is 0 Å². The first-order chi connectivity index (χ1) is 9.14. The lowest BCUT2D eigenvalue weighted by Crippen LogP contribution is -2.66. The van der Waals surface area contributed by atoms with Crippen molar-refractivity contribution in [3.63, 3.8) is 0 Å². The fourth-order valence-corrected chi connectivity index (χ4v) is 4.93. The van der Waals surface area contributed by atoms with E-state index in [1.165, 1.54) is 0 Å². The number of hydrogen-bond donors (Lipinski definition) is 2. The highest BCUT2D eigenvalue weighted by atomic mass is 28.3. The quantitative estimate of drug-likeness (QED) is 0.546. The first-order valence-corrected chi connectivity index (χ1v) is 14.6. The maximum absolute atomic E-state index is 3.99. The van der Waals surface area contributed by atoms with Gasteiger partial charge in [0.25, 0.3) is 0 Å². The van der Waals surface area contributed by atoms with E-state index in [1.54, 1.807) is 0 Å². The van der Waals surface area contributed by atoms with Gasteiger partial charge in [0.2, 0.25) is 0 Å². The van der Waals surface area contributed by atoms with Crippen LogP contribution in [0.5, 0.6) is 0 Å². The van der Waals surface area contributed by atoms with Crippen LogP contribution in [0, 0.1) is 0 Å². The average molecular weight is 342 g/mol. The Hall–Kier alpha value is 0.311. The van der Waals surface area contributed by atoms with Crippen LogP contribution in [-0.2, 0) is 0 Å². The molecule has 0 fully saturated rings. The molecule has 0 aliphatic rings. The minimum atomic E-state index is -1.52. The third-order valence-corrected chi connectivity index (χ3v) is 15.2. The van der Waals surface area contributed by atoms with Gasteiger partial charge in [-0.05, 0) is 16.5 Å². The van der Waals surface area contributed by atoms with Crippen molar-refractivity contribution in [2.45, 2.75) is 90.4 Å². The normalized spacial score (nSPS) is 15.2. The summed E-state index contributed by atoms with van der Waals surface area (Å²) in [6.45, 7) is 23.9. The molecule has 21 heavy (non-hydrogen) atoms. The molecule has 3 radical (unpaired) electrons. The number of hydrogen-bond acceptors (Lipinski definition) is 2. The zero-order chi connectivity index (χ0) is 17.1. The Morgan fingerprint density at radius 2 is 1.19 bits per heavy atom. The Bertz CT molecular complexity index is 322. The minimum absolute atomic E-state index is 0.345. The lowest BCUT2D eigenvalue weighted by molar-refractivity contribution is 0.536. The zero-order valence-corrected chi connectivity index (χ0v) is 18.9. The predicted molar refractivity (Wildman–Crippen MR) is 104 cm³/mol. The topological polar surface area (TPSA) is 24.1 Å². The van der Waals surface area contributed by atoms with E-state index < -0.39 is 16.5 Å². The molecule has 0 aromatic heterocycles. The van der Waals surface area contributed by atoms with Crippen LogP contribution in [0.2, 0.25) is 36.3 Å². The van der Waals surface area contributed by atoms with Crippen molar-refractivity contribution in [3.8, 4) is 0 Å². The van der Waals surface area contributed by atoms with Crippen LogP contribution in [-0.4, -0.2) is 32.9 Å². The minimum Gasteiger partial charge on any atom is -0.323 e. The smallest absolute Gasteiger partial charge is 0.126 e. The Morgan fingerprint density at radius 3 is 1.43 bits per heavy atom. The van der Waals surface area contributed by atoms with Crippen molar-refractivity contribution >= 4 is 26.7 Å². The van der Waals surface area contributed by atoms with Crippen molar-refractivity contribution < 1.29 is 0 Å². The molecule has 0 aromatic rings. The zero-order valence-electron chi connectivity index (χ0n) is 15.9. The van der Waals surface area contributed by atoms with Crippen LogP contribution < -0.4 is 9.96 Å². The van der Waals surface area contributed by atoms with E-state index in [-0.39, 0.29) is 0 Å². The molecule has 0 unspecified atom stereocenters. The summed E-state index contributed by atoms with van der Waals surface area (Å²) < 4.78 is 0. The van der Waals surface area contributed by atoms with Gasteiger partial charge in [0.15, 0.2) is 0 Å². The van der Waals surface area contributed by atoms with Gasteiger partial charge < -0.3 is 9.96 Å². The molecule has 0 atom stereocenters. The first kappa shape index (κ1) is 21.3. The molecule has 0 bridgehead atoms. The highest BCUT2D eigenvalue weighted by Gasteiger charge is 2.40. The van der Waals surface area contributed by atoms with Crippen molar-refractivity contribution in [2.24, 2.45) is 0 Å². The third-order valence-electron chi connectivity index (χ3n) is 5.31. The first-order valence-electron chi connectivity index (χ1n) is 8.02. The van der Waals surface area contributed by atoms with Gasteiger partial charge >= 0.3 is 0 Å². The molecule has 2 N–H and O–H groups in total. The summed E-state index contributed by atoms with van der Waals surface area (Å²) >= 11 is 0. The van der Waals surface area contributed by atoms with Gasteiger partial charge in [0.1, 0.15) is 16.5 Å². The second kappa shape index (κ2) is 7.25. The SMILES string of the molecule is CC(C)(C)[Si](C)(C)NC(CC=C[Si])N[Si](C)(C)C(C)(C)C. The molecule has 5 heteroatoms. The fraction of sp³-hybridized carbons (Fsp3) is 0.875. The summed E-state index contributed by atoms with van der Waals surface area (Å²) in [6.07, 6.45) is 3.57. The maximum Gasteiger partial charge on any atom is 0.126 e. The van der Waals surface area contributed by atoms with Crippen LogP contribution in [0.4, 0.5) is 0 Å². The van der Waals surface area contributed by atoms with Crippen LogP contribution in [0.15, 0.2) is 11.8 Å². The molecule has 123 valence electrons. The molecule has 0 aromatic carbocycles. The lowest BCUT2D eigenvalue weighted by atomic mass is 10.2. The van der Waals surface area contributed by atoms with Crippen molar-refractivity contribution in [3.05, 3.63) is 11.8 Å². The largest absolute Gasteiger partial charge is 0.323 e. The second-order valence-corrected chi connectivity index (χ2v) is 19.6. The van der Waals surface area contributed by atoms with Gasteiger partial charge in [0.05, 0.1) is 10.2 Å². The van der Waals surface area contributed by atoms with E-state index in [0.29, 0.717) is 16.2 Å². The molecule has 0 heterocycles. The Balaban J connectivity index is 5.16. The molecule has 0 saturated heterocycles. The van der Waals surface area contributed by atoms with Crippen molar-refractivity contribution in [1.29, 1.82) is 0 Å². The van der Waals surface area contributed by atoms with Crippen LogP contribution in [0.1, 0.15) is 48.0 Å². The van der Waals surface area contributed by atoms with Crippen molar-refractivity contribution in [2.75, 3.05) is 0 Å². The lowest BCUT2D eigenvalue weighted by Gasteiger charge is -2.45. The van der Waals surface area contributed by atoms with Crippen LogP contribution in [0.25, 0.3) is 0 Å². The maximum atomic E-state index is 3.99. The van der Waals surface area contributed by atoms with Gasteiger partial charge in [0, 0.05) is 6.17 Å². The van der Waals surface area contributed by atoms with Crippen LogP contribution >= 0.6 is 0 Å². The molecule has 0 saturated carbocycles. The van der Waals surface area contributed by atoms with Crippen molar-refractivity contribution in [1.82, 2.24) is 9.96 Å². The molecule has 0 aliphatic heterocycles. The van der Waals surface area contributed by atoms with Gasteiger partial charge in [-0.1, -0.05) is 73.8 Å². The molecule has 0 aliphatic carbocycles. The van der Waals surface area contributed by atoms with E-state index in [1.807, 2.05) is 5.70 Å². The Morgan fingerprint density at radius 1 is 0.857 bits per heavy atom. The summed E-state index contributed by atoms with van der Waals surface area (Å²) in [5.74, 6) is 0. The third kappa shape index (κ3) is 6.52. The molecular weight excluding hydrogens is 304 g/mol. The highest BCUT2D eigenvalue weighted by Crippen LogP contribution is 2.36. The second-order valence-electron chi connectivity index (χ2n) is 9.23. The number of nitrogens with one attached hydrogen (secondary N) is 2. The van der Waals surface area contributed by atoms with Gasteiger partial charge in [-0.3, -0.25) is 0 Å². The molecule has 0 spiro atoms. The molecule has 0 amide bonds. The Kier molecular flexibility index (Phi) is 7.36. The molecular formula is C16H37N2Si3. The van der Waals surface area contributed by atoms with Gasteiger partial charge in [-0.15, -0.1) is 5.70 Å². The monoisotopic (exact) mass is 341 g/mol. The van der Waals surface area contributed by atoms with Gasteiger partial charge in [-0.25, -0.2) is 0 Å². The standard InChI is InChI=1S/C16H37N2Si3/c1-15(2,3)20(7,8)17-14(12-11-13-19)18-21(9,10)16(4,5)6/h11,13-14,17-18H,12H2,1-10H3. The Labute approximate surface area is 139 Å². The summed E-state index contributed by atoms with van der Waals surface area (Å²) in [7, 11) is 0.417. The van der Waals surface area contributed by atoms with Crippen LogP contribution in [0.3, 0.4) is 0 Å². The number of rotatable bonds is 6. The summed E-state index contributed by atoms with van der Waals surface area (Å²) in [5.41, 5.74) is 1.97.